The lowest BCUT2D eigenvalue weighted by atomic mass is 9.41. The molecule has 5 aliphatic heterocycles. The van der Waals surface area contributed by atoms with Gasteiger partial charge >= 0.3 is 0 Å². The molecule has 2 nitrogen and oxygen atoms in total. The quantitative estimate of drug-likeness (QED) is 0.636. The van der Waals surface area contributed by atoms with Gasteiger partial charge in [0.25, 0.3) is 0 Å². The number of rotatable bonds is 0. The fourth-order valence-corrected chi connectivity index (χ4v) is 10.4. The van der Waals surface area contributed by atoms with Crippen LogP contribution in [0.1, 0.15) is 52.4 Å². The molecule has 2 spiro atoms. The Labute approximate surface area is 133 Å². The molecule has 0 amide bonds. The molecule has 0 aromatic rings. The van der Waals surface area contributed by atoms with Crippen molar-refractivity contribution in [1.82, 2.24) is 4.90 Å². The standard InChI is InChI=1S/C20H27NO/c1-11-8-19-9-18(3)16-17(2)5-4-6-20(16)13(19)7-12(11)22-15(19)14(20)21(18)10-17/h12-16H,1,4-10H2,2-3H3. The normalized spacial score (nSPS) is 75.1. The Hall–Kier alpha value is -0.340. The van der Waals surface area contributed by atoms with Gasteiger partial charge in [-0.3, -0.25) is 4.90 Å². The summed E-state index contributed by atoms with van der Waals surface area (Å²) in [6, 6.07) is 0.757. The second kappa shape index (κ2) is 2.88. The molecule has 2 heteroatoms. The van der Waals surface area contributed by atoms with Gasteiger partial charge in [0.2, 0.25) is 0 Å². The van der Waals surface area contributed by atoms with Gasteiger partial charge < -0.3 is 4.74 Å². The number of fused-ring (bicyclic) bond motifs is 1. The smallest absolute Gasteiger partial charge is 0.0806 e. The van der Waals surface area contributed by atoms with Crippen LogP contribution in [0.5, 0.6) is 0 Å². The minimum absolute atomic E-state index is 0.398. The lowest BCUT2D eigenvalue weighted by Crippen LogP contribution is -2.66. The van der Waals surface area contributed by atoms with Crippen molar-refractivity contribution in [2.45, 2.75) is 76.2 Å². The fraction of sp³-hybridized carbons (Fsp3) is 0.900. The molecule has 10 unspecified atom stereocenters. The zero-order chi connectivity index (χ0) is 14.7. The van der Waals surface area contributed by atoms with E-state index in [0.717, 1.165) is 17.9 Å². The van der Waals surface area contributed by atoms with E-state index in [9.17, 15) is 0 Å². The van der Waals surface area contributed by atoms with Crippen molar-refractivity contribution in [1.29, 1.82) is 0 Å². The third-order valence-corrected chi connectivity index (χ3v) is 9.94. The van der Waals surface area contributed by atoms with Crippen LogP contribution >= 0.6 is 0 Å². The summed E-state index contributed by atoms with van der Waals surface area (Å²) in [5.74, 6) is 1.89. The SMILES string of the molecule is C=C1CC23CC4(C)C5C6(C)CCCC57C(C2OC1CC37)N4C6. The molecule has 0 aromatic carbocycles. The van der Waals surface area contributed by atoms with Gasteiger partial charge in [0.05, 0.1) is 12.2 Å². The number of piperidine rings is 2. The number of nitrogens with zero attached hydrogens (tertiary/aromatic N) is 1. The van der Waals surface area contributed by atoms with Crippen LogP contribution < -0.4 is 0 Å². The van der Waals surface area contributed by atoms with Crippen LogP contribution in [-0.4, -0.2) is 35.2 Å². The molecule has 9 bridgehead atoms. The largest absolute Gasteiger partial charge is 0.368 e. The highest BCUT2D eigenvalue weighted by Crippen LogP contribution is 2.87. The average Bonchev–Trinajstić information content (AvgIpc) is 2.78. The van der Waals surface area contributed by atoms with Gasteiger partial charge in [0.1, 0.15) is 0 Å². The van der Waals surface area contributed by atoms with Crippen LogP contribution in [0.25, 0.3) is 0 Å². The predicted octanol–water partition coefficient (Wildman–Crippen LogP) is 3.37. The first kappa shape index (κ1) is 12.1. The molecule has 4 saturated carbocycles. The molecule has 0 aromatic heterocycles. The fourth-order valence-electron chi connectivity index (χ4n) is 10.4. The molecule has 5 heterocycles. The third-order valence-electron chi connectivity index (χ3n) is 9.94. The maximum absolute atomic E-state index is 6.72. The molecule has 0 radical (unpaired) electrons. The molecule has 9 fully saturated rings. The second-order valence-corrected chi connectivity index (χ2v) is 10.6. The van der Waals surface area contributed by atoms with E-state index in [1.54, 1.807) is 0 Å². The summed E-state index contributed by atoms with van der Waals surface area (Å²) in [6.45, 7) is 11.0. The maximum atomic E-state index is 6.72. The highest BCUT2D eigenvalue weighted by atomic mass is 16.5. The van der Waals surface area contributed by atoms with Gasteiger partial charge in [-0.1, -0.05) is 19.9 Å². The van der Waals surface area contributed by atoms with Crippen molar-refractivity contribution in [3.8, 4) is 0 Å². The van der Waals surface area contributed by atoms with Crippen molar-refractivity contribution >= 4 is 0 Å². The topological polar surface area (TPSA) is 12.5 Å². The molecule has 9 rings (SSSR count). The lowest BCUT2D eigenvalue weighted by Gasteiger charge is -2.65. The first-order valence-electron chi connectivity index (χ1n) is 9.56. The molecule has 9 aliphatic rings. The summed E-state index contributed by atoms with van der Waals surface area (Å²) >= 11 is 0. The molecule has 10 atom stereocenters. The lowest BCUT2D eigenvalue weighted by molar-refractivity contribution is -0.213. The van der Waals surface area contributed by atoms with E-state index in [-0.39, 0.29) is 0 Å². The van der Waals surface area contributed by atoms with E-state index in [1.807, 2.05) is 0 Å². The van der Waals surface area contributed by atoms with Gasteiger partial charge in [0, 0.05) is 23.5 Å². The summed E-state index contributed by atoms with van der Waals surface area (Å²) in [5, 5.41) is 0. The number of hydrogen-bond donors (Lipinski definition) is 0. The summed E-state index contributed by atoms with van der Waals surface area (Å²) in [6.07, 6.45) is 9.38. The minimum atomic E-state index is 0.398. The molecule has 118 valence electrons. The molecule has 22 heavy (non-hydrogen) atoms. The average molecular weight is 297 g/mol. The van der Waals surface area contributed by atoms with Gasteiger partial charge in [-0.25, -0.2) is 0 Å². The molecule has 4 aliphatic carbocycles. The zero-order valence-corrected chi connectivity index (χ0v) is 13.9. The van der Waals surface area contributed by atoms with Gasteiger partial charge in [-0.05, 0) is 67.3 Å². The molecular formula is C20H27NO. The maximum Gasteiger partial charge on any atom is 0.0806 e. The Kier molecular flexibility index (Phi) is 1.58. The summed E-state index contributed by atoms with van der Waals surface area (Å²) in [4.78, 5) is 2.98. The Bertz CT molecular complexity index is 658. The molecule has 5 saturated heterocycles. The molecule has 0 N–H and O–H groups in total. The molecular weight excluding hydrogens is 270 g/mol. The van der Waals surface area contributed by atoms with Crippen molar-refractivity contribution < 1.29 is 4.74 Å². The van der Waals surface area contributed by atoms with Gasteiger partial charge in [0.15, 0.2) is 0 Å². The van der Waals surface area contributed by atoms with Crippen LogP contribution in [0.3, 0.4) is 0 Å². The van der Waals surface area contributed by atoms with Crippen molar-refractivity contribution in [3.05, 3.63) is 12.2 Å². The number of ether oxygens (including phenoxy) is 1. The zero-order valence-electron chi connectivity index (χ0n) is 13.9. The summed E-state index contributed by atoms with van der Waals surface area (Å²) < 4.78 is 6.72. The first-order valence-corrected chi connectivity index (χ1v) is 9.56. The van der Waals surface area contributed by atoms with Crippen molar-refractivity contribution in [3.63, 3.8) is 0 Å². The Morgan fingerprint density at radius 2 is 2.14 bits per heavy atom. The highest BCUT2D eigenvalue weighted by molar-refractivity contribution is 5.43. The first-order chi connectivity index (χ1) is 10.5. The van der Waals surface area contributed by atoms with Crippen LogP contribution in [-0.2, 0) is 4.74 Å². The summed E-state index contributed by atoms with van der Waals surface area (Å²) in [5.41, 5.74) is 3.58. The van der Waals surface area contributed by atoms with Crippen molar-refractivity contribution in [2.24, 2.45) is 28.1 Å². The minimum Gasteiger partial charge on any atom is -0.368 e. The number of hydrogen-bond acceptors (Lipinski definition) is 2. The Morgan fingerprint density at radius 3 is 3.00 bits per heavy atom. The van der Waals surface area contributed by atoms with E-state index < -0.39 is 0 Å². The summed E-state index contributed by atoms with van der Waals surface area (Å²) in [7, 11) is 0. The monoisotopic (exact) mass is 297 g/mol. The van der Waals surface area contributed by atoms with Crippen LogP contribution in [0.2, 0.25) is 0 Å². The predicted molar refractivity (Wildman–Crippen MR) is 84.4 cm³/mol. The van der Waals surface area contributed by atoms with E-state index in [2.05, 4.69) is 25.3 Å². The highest BCUT2D eigenvalue weighted by Gasteiger charge is 2.90. The van der Waals surface area contributed by atoms with E-state index >= 15 is 0 Å². The van der Waals surface area contributed by atoms with Gasteiger partial charge in [-0.2, -0.15) is 0 Å². The van der Waals surface area contributed by atoms with Crippen LogP contribution in [0, 0.1) is 28.1 Å². The van der Waals surface area contributed by atoms with Gasteiger partial charge in [-0.15, -0.1) is 0 Å². The van der Waals surface area contributed by atoms with Crippen LogP contribution in [0.15, 0.2) is 12.2 Å². The van der Waals surface area contributed by atoms with E-state index in [4.69, 9.17) is 4.74 Å². The Morgan fingerprint density at radius 1 is 1.27 bits per heavy atom. The van der Waals surface area contributed by atoms with Crippen LogP contribution in [0.4, 0.5) is 0 Å². The Balaban J connectivity index is 1.55. The van der Waals surface area contributed by atoms with E-state index in [1.165, 1.54) is 50.6 Å². The second-order valence-electron chi connectivity index (χ2n) is 10.6. The third kappa shape index (κ3) is 0.815. The van der Waals surface area contributed by atoms with Crippen molar-refractivity contribution in [2.75, 3.05) is 6.54 Å². The van der Waals surface area contributed by atoms with E-state index in [0.29, 0.717) is 34.0 Å².